The topological polar surface area (TPSA) is 64.1 Å². The number of hydrogen-bond acceptors (Lipinski definition) is 4. The van der Waals surface area contributed by atoms with E-state index >= 15 is 0 Å². The van der Waals surface area contributed by atoms with Gasteiger partial charge < -0.3 is 10.1 Å². The zero-order valence-electron chi connectivity index (χ0n) is 13.6. The van der Waals surface area contributed by atoms with Gasteiger partial charge in [0.1, 0.15) is 24.8 Å². The molecule has 0 aliphatic rings. The second kappa shape index (κ2) is 8.33. The van der Waals surface area contributed by atoms with E-state index in [1.807, 2.05) is 13.8 Å². The van der Waals surface area contributed by atoms with Gasteiger partial charge in [0.2, 0.25) is 5.88 Å². The minimum atomic E-state index is -0.632. The van der Waals surface area contributed by atoms with Crippen molar-refractivity contribution in [2.75, 3.05) is 18.6 Å². The number of nitrogens with one attached hydrogen (secondary N) is 1. The predicted molar refractivity (Wildman–Crippen MR) is 86.6 cm³/mol. The maximum atomic E-state index is 13.8. The SMILES string of the molecule is CCC(C)c1cc(NC(=O)c2cnc(OCCF)cn2)ccc1F. The van der Waals surface area contributed by atoms with Gasteiger partial charge in [0.25, 0.3) is 5.91 Å². The molecule has 1 N–H and O–H groups in total. The minimum Gasteiger partial charge on any atom is -0.474 e. The van der Waals surface area contributed by atoms with Crippen LogP contribution < -0.4 is 10.1 Å². The van der Waals surface area contributed by atoms with E-state index in [0.29, 0.717) is 11.3 Å². The second-order valence-corrected chi connectivity index (χ2v) is 5.28. The summed E-state index contributed by atoms with van der Waals surface area (Å²) in [6.45, 7) is 3.14. The molecule has 1 aromatic carbocycles. The monoisotopic (exact) mass is 335 g/mol. The Balaban J connectivity index is 2.09. The first-order valence-electron chi connectivity index (χ1n) is 7.66. The number of carbonyl (C=O) groups excluding carboxylic acids is 1. The van der Waals surface area contributed by atoms with Crippen molar-refractivity contribution in [1.82, 2.24) is 9.97 Å². The molecular weight excluding hydrogens is 316 g/mol. The molecule has 0 aliphatic carbocycles. The summed E-state index contributed by atoms with van der Waals surface area (Å²) in [7, 11) is 0. The fraction of sp³-hybridized carbons (Fsp3) is 0.353. The molecular formula is C17H19F2N3O2. The molecule has 2 rings (SSSR count). The highest BCUT2D eigenvalue weighted by Crippen LogP contribution is 2.25. The number of nitrogens with zero attached hydrogens (tertiary/aromatic N) is 2. The van der Waals surface area contributed by atoms with Gasteiger partial charge in [-0.3, -0.25) is 4.79 Å². The molecule has 0 bridgehead atoms. The Morgan fingerprint density at radius 3 is 2.75 bits per heavy atom. The molecule has 0 saturated carbocycles. The standard InChI is InChI=1S/C17H19F2N3O2/c1-3-11(2)13-8-12(4-5-14(13)19)22-17(23)15-9-21-16(10-20-15)24-7-6-18/h4-5,8-11H,3,6-7H2,1-2H3,(H,22,23). The fourth-order valence-corrected chi connectivity index (χ4v) is 2.07. The average molecular weight is 335 g/mol. The summed E-state index contributed by atoms with van der Waals surface area (Å²) < 4.78 is 30.8. The Labute approximate surface area is 139 Å². The lowest BCUT2D eigenvalue weighted by atomic mass is 9.97. The number of aromatic nitrogens is 2. The predicted octanol–water partition coefficient (Wildman–Crippen LogP) is 3.73. The van der Waals surface area contributed by atoms with Crippen molar-refractivity contribution < 1.29 is 18.3 Å². The molecule has 0 spiro atoms. The van der Waals surface area contributed by atoms with Crippen LogP contribution in [0, 0.1) is 5.82 Å². The van der Waals surface area contributed by atoms with Gasteiger partial charge in [0.05, 0.1) is 12.4 Å². The van der Waals surface area contributed by atoms with Crippen LogP contribution in [0.25, 0.3) is 0 Å². The van der Waals surface area contributed by atoms with Crippen molar-refractivity contribution in [3.8, 4) is 5.88 Å². The van der Waals surface area contributed by atoms with Gasteiger partial charge in [-0.2, -0.15) is 0 Å². The van der Waals surface area contributed by atoms with Crippen molar-refractivity contribution in [3.63, 3.8) is 0 Å². The highest BCUT2D eigenvalue weighted by atomic mass is 19.1. The van der Waals surface area contributed by atoms with E-state index < -0.39 is 12.6 Å². The largest absolute Gasteiger partial charge is 0.474 e. The number of ether oxygens (including phenoxy) is 1. The van der Waals surface area contributed by atoms with E-state index in [2.05, 4.69) is 15.3 Å². The smallest absolute Gasteiger partial charge is 0.275 e. The first kappa shape index (κ1) is 17.8. The average Bonchev–Trinajstić information content (AvgIpc) is 2.61. The molecule has 0 saturated heterocycles. The maximum absolute atomic E-state index is 13.8. The molecule has 0 radical (unpaired) electrons. The minimum absolute atomic E-state index is 0.0496. The lowest BCUT2D eigenvalue weighted by molar-refractivity contribution is 0.102. The van der Waals surface area contributed by atoms with Gasteiger partial charge in [-0.25, -0.2) is 18.7 Å². The number of rotatable bonds is 7. The molecule has 128 valence electrons. The molecule has 1 aromatic heterocycles. The normalized spacial score (nSPS) is 11.8. The molecule has 24 heavy (non-hydrogen) atoms. The molecule has 1 amide bonds. The zero-order valence-corrected chi connectivity index (χ0v) is 13.6. The van der Waals surface area contributed by atoms with Crippen LogP contribution >= 0.6 is 0 Å². The first-order chi connectivity index (χ1) is 11.5. The van der Waals surface area contributed by atoms with Crippen molar-refractivity contribution in [2.45, 2.75) is 26.2 Å². The summed E-state index contributed by atoms with van der Waals surface area (Å²) in [4.78, 5) is 20.0. The van der Waals surface area contributed by atoms with E-state index in [9.17, 15) is 13.6 Å². The van der Waals surface area contributed by atoms with Gasteiger partial charge >= 0.3 is 0 Å². The summed E-state index contributed by atoms with van der Waals surface area (Å²) in [5, 5.41) is 2.66. The van der Waals surface area contributed by atoms with Crippen molar-refractivity contribution in [1.29, 1.82) is 0 Å². The Kier molecular flexibility index (Phi) is 6.17. The van der Waals surface area contributed by atoms with Crippen LogP contribution in [0.2, 0.25) is 0 Å². The Hall–Kier alpha value is -2.57. The van der Waals surface area contributed by atoms with Crippen LogP contribution in [0.4, 0.5) is 14.5 Å². The number of amides is 1. The van der Waals surface area contributed by atoms with Gasteiger partial charge in [0, 0.05) is 5.69 Å². The lowest BCUT2D eigenvalue weighted by Crippen LogP contribution is -2.15. The molecule has 1 heterocycles. The summed E-state index contributed by atoms with van der Waals surface area (Å²) >= 11 is 0. The molecule has 7 heteroatoms. The number of alkyl halides is 1. The van der Waals surface area contributed by atoms with Gasteiger partial charge in [0.15, 0.2) is 0 Å². The molecule has 0 fully saturated rings. The van der Waals surface area contributed by atoms with Crippen LogP contribution in [0.3, 0.4) is 0 Å². The van der Waals surface area contributed by atoms with Crippen molar-refractivity contribution in [3.05, 3.63) is 47.7 Å². The quantitative estimate of drug-likeness (QED) is 0.837. The van der Waals surface area contributed by atoms with Gasteiger partial charge in [-0.15, -0.1) is 0 Å². The third kappa shape index (κ3) is 4.47. The summed E-state index contributed by atoms with van der Waals surface area (Å²) in [6, 6.07) is 4.44. The van der Waals surface area contributed by atoms with Crippen LogP contribution in [0.5, 0.6) is 5.88 Å². The summed E-state index contributed by atoms with van der Waals surface area (Å²) in [6.07, 6.45) is 3.28. The van der Waals surface area contributed by atoms with Crippen molar-refractivity contribution >= 4 is 11.6 Å². The number of anilines is 1. The highest BCUT2D eigenvalue weighted by molar-refractivity contribution is 6.02. The third-order valence-electron chi connectivity index (χ3n) is 3.59. The van der Waals surface area contributed by atoms with Crippen LogP contribution in [0.15, 0.2) is 30.6 Å². The van der Waals surface area contributed by atoms with E-state index in [4.69, 9.17) is 4.74 Å². The first-order valence-corrected chi connectivity index (χ1v) is 7.66. The summed E-state index contributed by atoms with van der Waals surface area (Å²) in [5.41, 5.74) is 1.12. The van der Waals surface area contributed by atoms with E-state index in [1.165, 1.54) is 24.5 Å². The number of halogens is 2. The number of benzene rings is 1. The van der Waals surface area contributed by atoms with E-state index in [1.54, 1.807) is 6.07 Å². The number of carbonyl (C=O) groups is 1. The van der Waals surface area contributed by atoms with E-state index in [-0.39, 0.29) is 29.9 Å². The maximum Gasteiger partial charge on any atom is 0.275 e. The molecule has 1 atom stereocenters. The van der Waals surface area contributed by atoms with Crippen molar-refractivity contribution in [2.24, 2.45) is 0 Å². The molecule has 1 unspecified atom stereocenters. The van der Waals surface area contributed by atoms with Gasteiger partial charge in [-0.1, -0.05) is 13.8 Å². The third-order valence-corrected chi connectivity index (χ3v) is 3.59. The Morgan fingerprint density at radius 1 is 1.33 bits per heavy atom. The van der Waals surface area contributed by atoms with Crippen LogP contribution in [-0.4, -0.2) is 29.2 Å². The fourth-order valence-electron chi connectivity index (χ4n) is 2.07. The lowest BCUT2D eigenvalue weighted by Gasteiger charge is -2.13. The Bertz CT molecular complexity index is 693. The molecule has 0 aliphatic heterocycles. The van der Waals surface area contributed by atoms with Crippen LogP contribution in [-0.2, 0) is 0 Å². The number of hydrogen-bond donors (Lipinski definition) is 1. The molecule has 2 aromatic rings. The van der Waals surface area contributed by atoms with Crippen LogP contribution in [0.1, 0.15) is 42.2 Å². The molecule has 5 nitrogen and oxygen atoms in total. The Morgan fingerprint density at radius 2 is 2.12 bits per heavy atom. The van der Waals surface area contributed by atoms with E-state index in [0.717, 1.165) is 6.42 Å². The highest BCUT2D eigenvalue weighted by Gasteiger charge is 2.13. The second-order valence-electron chi connectivity index (χ2n) is 5.28. The summed E-state index contributed by atoms with van der Waals surface area (Å²) in [5.74, 6) is -0.573. The zero-order chi connectivity index (χ0) is 17.5. The van der Waals surface area contributed by atoms with Gasteiger partial charge in [-0.05, 0) is 36.1 Å².